The van der Waals surface area contributed by atoms with Crippen LogP contribution in [0.1, 0.15) is 44.9 Å². The lowest BCUT2D eigenvalue weighted by Gasteiger charge is -2.50. The fraction of sp³-hybridized carbons (Fsp3) is 0.448. The van der Waals surface area contributed by atoms with Crippen LogP contribution in [0.5, 0.6) is 5.75 Å². The van der Waals surface area contributed by atoms with Gasteiger partial charge in [-0.3, -0.25) is 14.1 Å². The van der Waals surface area contributed by atoms with Gasteiger partial charge in [0.05, 0.1) is 23.8 Å². The Morgan fingerprint density at radius 3 is 2.67 bits per heavy atom. The molecule has 0 aliphatic carbocycles. The summed E-state index contributed by atoms with van der Waals surface area (Å²) in [5.74, 6) is -2.94. The van der Waals surface area contributed by atoms with Crippen LogP contribution >= 0.6 is 11.3 Å². The third kappa shape index (κ3) is 7.22. The standard InChI is InChI=1S/C29H36N8O10S2/c1-28(2)23(25(39)37(28)47-49(42,43)44)33-24(38)22(19-15-48-27(31)32-19)34-46-29(3,26(40)41)21-9-7-17-12-16(6-8-20(17)45-21)18-13-35(4)36(14-18)11-5-10-30/h6,8,12-15,21,23H,5,7,9-11,30H2,1-4H3,(H4-,31,32,33,38,40,41,42,43,44)/p+1/b34-22-/t21-,23+,29+/m0/s1. The molecule has 49 heavy (non-hydrogen) atoms. The van der Waals surface area contributed by atoms with Gasteiger partial charge in [0.15, 0.2) is 24.0 Å². The van der Waals surface area contributed by atoms with E-state index in [9.17, 15) is 27.9 Å². The number of nitrogens with two attached hydrogens (primary N) is 2. The minimum absolute atomic E-state index is 0.0664. The Morgan fingerprint density at radius 1 is 1.33 bits per heavy atom. The molecule has 3 atom stereocenters. The number of nitrogens with zero attached hydrogens (tertiary/aromatic N) is 5. The number of thiazole rings is 1. The molecule has 0 saturated carbocycles. The number of hydroxylamine groups is 2. The molecule has 5 rings (SSSR count). The van der Waals surface area contributed by atoms with Crippen LogP contribution in [0.3, 0.4) is 0 Å². The van der Waals surface area contributed by atoms with Crippen LogP contribution in [0.15, 0.2) is 41.1 Å². The van der Waals surface area contributed by atoms with E-state index in [4.69, 9.17) is 25.6 Å². The molecule has 1 aromatic carbocycles. The van der Waals surface area contributed by atoms with E-state index in [1.807, 2.05) is 36.3 Å². The average Bonchev–Trinajstić information content (AvgIpc) is 3.64. The fourth-order valence-electron chi connectivity index (χ4n) is 5.54. The number of carbonyl (C=O) groups is 3. The number of aliphatic carboxylic acids is 1. The molecule has 0 bridgehead atoms. The number of β-lactam (4-membered cyclic amide) rings is 1. The van der Waals surface area contributed by atoms with Gasteiger partial charge in [-0.25, -0.2) is 9.78 Å². The Hall–Kier alpha value is -4.63. The zero-order valence-corrected chi connectivity index (χ0v) is 28.7. The van der Waals surface area contributed by atoms with Gasteiger partial charge in [-0.05, 0) is 69.8 Å². The molecular formula is C29H37N8O10S2+. The fourth-order valence-corrected chi connectivity index (χ4v) is 6.54. The highest BCUT2D eigenvalue weighted by atomic mass is 32.3. The summed E-state index contributed by atoms with van der Waals surface area (Å²) in [5.41, 5.74) is 10.2. The van der Waals surface area contributed by atoms with Crippen molar-refractivity contribution in [2.24, 2.45) is 17.9 Å². The smallest absolute Gasteiger partial charge is 0.418 e. The number of amides is 2. The molecule has 2 aromatic heterocycles. The number of ether oxygens (including phenoxy) is 1. The van der Waals surface area contributed by atoms with E-state index in [-0.39, 0.29) is 17.2 Å². The highest BCUT2D eigenvalue weighted by molar-refractivity contribution is 7.80. The topological polar surface area (TPSA) is 255 Å². The lowest BCUT2D eigenvalue weighted by Crippen LogP contribution is -2.76. The molecule has 2 aliphatic rings. The van der Waals surface area contributed by atoms with Crippen molar-refractivity contribution in [2.45, 2.75) is 69.9 Å². The molecule has 0 spiro atoms. The molecule has 4 heterocycles. The Morgan fingerprint density at radius 2 is 2.06 bits per heavy atom. The maximum absolute atomic E-state index is 13.5. The van der Waals surface area contributed by atoms with Crippen molar-refractivity contribution in [3.63, 3.8) is 0 Å². The number of aromatic nitrogens is 3. The minimum atomic E-state index is -5.02. The first-order valence-electron chi connectivity index (χ1n) is 15.0. The molecule has 20 heteroatoms. The second-order valence-corrected chi connectivity index (χ2v) is 14.2. The Bertz CT molecular complexity index is 1920. The van der Waals surface area contributed by atoms with Gasteiger partial charge in [0.2, 0.25) is 6.20 Å². The minimum Gasteiger partial charge on any atom is -0.485 e. The first-order chi connectivity index (χ1) is 22.9. The van der Waals surface area contributed by atoms with Gasteiger partial charge in [-0.15, -0.1) is 20.3 Å². The Labute approximate surface area is 285 Å². The van der Waals surface area contributed by atoms with Crippen LogP contribution in [0, 0.1) is 0 Å². The quantitative estimate of drug-likeness (QED) is 0.0519. The summed E-state index contributed by atoms with van der Waals surface area (Å²) in [5, 5.41) is 18.5. The van der Waals surface area contributed by atoms with E-state index in [1.54, 1.807) is 6.07 Å². The van der Waals surface area contributed by atoms with Crippen LogP contribution in [0.25, 0.3) is 11.1 Å². The number of anilines is 1. The van der Waals surface area contributed by atoms with Crippen LogP contribution in [0.4, 0.5) is 5.13 Å². The highest BCUT2D eigenvalue weighted by Crippen LogP contribution is 2.37. The number of rotatable bonds is 13. The second kappa shape index (κ2) is 13.3. The number of carboxylic acids is 1. The molecule has 7 N–H and O–H groups in total. The van der Waals surface area contributed by atoms with Crippen molar-refractivity contribution in [3.05, 3.63) is 47.2 Å². The van der Waals surface area contributed by atoms with Gasteiger partial charge in [0, 0.05) is 5.38 Å². The molecule has 0 radical (unpaired) electrons. The molecule has 3 aromatic rings. The number of benzene rings is 1. The number of aryl methyl sites for hydroxylation is 3. The third-order valence-corrected chi connectivity index (χ3v) is 9.43. The summed E-state index contributed by atoms with van der Waals surface area (Å²) in [6, 6.07) is 4.31. The average molecular weight is 722 g/mol. The van der Waals surface area contributed by atoms with Crippen molar-refractivity contribution in [1.29, 1.82) is 0 Å². The van der Waals surface area contributed by atoms with Crippen LogP contribution in [-0.2, 0) is 53.9 Å². The number of oxime groups is 1. The number of carboxylic acid groups (broad SMARTS) is 1. The van der Waals surface area contributed by atoms with Crippen molar-refractivity contribution >= 4 is 50.4 Å². The monoisotopic (exact) mass is 721 g/mol. The molecule has 0 unspecified atom stereocenters. The van der Waals surface area contributed by atoms with Crippen LogP contribution < -0.4 is 26.2 Å². The Kier molecular flexibility index (Phi) is 9.72. The number of fused-ring (bicyclic) bond motifs is 1. The zero-order valence-electron chi connectivity index (χ0n) is 27.0. The van der Waals surface area contributed by atoms with E-state index in [0.717, 1.165) is 41.0 Å². The summed E-state index contributed by atoms with van der Waals surface area (Å²) < 4.78 is 45.9. The highest BCUT2D eigenvalue weighted by Gasteiger charge is 2.58. The molecular weight excluding hydrogens is 684 g/mol. The zero-order chi connectivity index (χ0) is 35.9. The number of nitrogen functional groups attached to an aromatic ring is 1. The molecule has 264 valence electrons. The van der Waals surface area contributed by atoms with Gasteiger partial charge in [0.25, 0.3) is 17.4 Å². The molecule has 2 aliphatic heterocycles. The summed E-state index contributed by atoms with van der Waals surface area (Å²) >= 11 is 0.973. The summed E-state index contributed by atoms with van der Waals surface area (Å²) in [7, 11) is -3.08. The lowest BCUT2D eigenvalue weighted by atomic mass is 9.84. The predicted molar refractivity (Wildman–Crippen MR) is 173 cm³/mol. The summed E-state index contributed by atoms with van der Waals surface area (Å²) in [4.78, 5) is 48.4. The normalized spacial score (nSPS) is 20.1. The largest absolute Gasteiger partial charge is 0.485 e. The van der Waals surface area contributed by atoms with Crippen molar-refractivity contribution in [2.75, 3.05) is 12.3 Å². The number of hydrogen-bond acceptors (Lipinski definition) is 13. The lowest BCUT2D eigenvalue weighted by molar-refractivity contribution is -0.753. The van der Waals surface area contributed by atoms with E-state index in [1.165, 1.54) is 26.2 Å². The number of nitrogens with one attached hydrogen (secondary N) is 1. The second-order valence-electron chi connectivity index (χ2n) is 12.3. The van der Waals surface area contributed by atoms with Crippen molar-refractivity contribution in [1.82, 2.24) is 20.0 Å². The van der Waals surface area contributed by atoms with Gasteiger partial charge in [-0.2, -0.15) is 18.2 Å². The molecule has 1 fully saturated rings. The van der Waals surface area contributed by atoms with Crippen LogP contribution in [0.2, 0.25) is 0 Å². The van der Waals surface area contributed by atoms with Gasteiger partial charge < -0.3 is 31.5 Å². The Balaban J connectivity index is 1.36. The SMILES string of the molecule is C[n+]1cc(-c2ccc3c(c2)CC[C@@H]([C@@](C)(O/N=C(\C(=O)N[C@@H]2C(=O)N(OS(=O)(=O)O)C2(C)C)c2csc(N)n2)C(=O)O)O3)cn1CCCN. The molecule has 2 amide bonds. The molecule has 1 saturated heterocycles. The summed E-state index contributed by atoms with van der Waals surface area (Å²) in [6.45, 7) is 5.38. The van der Waals surface area contributed by atoms with E-state index in [2.05, 4.69) is 24.4 Å². The first kappa shape index (κ1) is 35.7. The van der Waals surface area contributed by atoms with E-state index < -0.39 is 57.2 Å². The van der Waals surface area contributed by atoms with Crippen LogP contribution in [-0.4, -0.2) is 86.1 Å². The molecule has 18 nitrogen and oxygen atoms in total. The first-order valence-corrected chi connectivity index (χ1v) is 17.3. The van der Waals surface area contributed by atoms with Gasteiger partial charge >= 0.3 is 16.4 Å². The van der Waals surface area contributed by atoms with E-state index in [0.29, 0.717) is 23.8 Å². The van der Waals surface area contributed by atoms with E-state index >= 15 is 0 Å². The third-order valence-electron chi connectivity index (χ3n) is 8.42. The van der Waals surface area contributed by atoms with Crippen molar-refractivity contribution in [3.8, 4) is 16.9 Å². The predicted octanol–water partition coefficient (Wildman–Crippen LogP) is 0.165. The van der Waals surface area contributed by atoms with Crippen molar-refractivity contribution < 1.29 is 51.0 Å². The summed E-state index contributed by atoms with van der Waals surface area (Å²) in [6.07, 6.45) is 4.54. The maximum Gasteiger partial charge on any atom is 0.418 e. The number of hydrogen-bond donors (Lipinski definition) is 5. The van der Waals surface area contributed by atoms with Gasteiger partial charge in [-0.1, -0.05) is 11.2 Å². The number of carbonyl (C=O) groups excluding carboxylic acids is 2. The van der Waals surface area contributed by atoms with Gasteiger partial charge in [0.1, 0.15) is 17.5 Å². The maximum atomic E-state index is 13.5.